The predicted octanol–water partition coefficient (Wildman–Crippen LogP) is 2.22. The van der Waals surface area contributed by atoms with Crippen LogP contribution in [0.1, 0.15) is 38.3 Å². The smallest absolute Gasteiger partial charge is 0.279 e. The van der Waals surface area contributed by atoms with E-state index in [9.17, 15) is 12.8 Å². The molecule has 1 aliphatic rings. The third-order valence-electron chi connectivity index (χ3n) is 3.49. The molecule has 0 radical (unpaired) electrons. The van der Waals surface area contributed by atoms with Gasteiger partial charge in [-0.25, -0.2) is 4.39 Å². The van der Waals surface area contributed by atoms with Crippen LogP contribution in [-0.4, -0.2) is 32.4 Å². The average Bonchev–Trinajstić information content (AvgIpc) is 2.95. The molecule has 0 spiro atoms. The van der Waals surface area contributed by atoms with Gasteiger partial charge < -0.3 is 4.74 Å². The van der Waals surface area contributed by atoms with Gasteiger partial charge in [-0.15, -0.1) is 0 Å². The van der Waals surface area contributed by atoms with Crippen molar-refractivity contribution in [3.05, 3.63) is 29.6 Å². The summed E-state index contributed by atoms with van der Waals surface area (Å²) in [4.78, 5) is 0. The first-order valence-corrected chi connectivity index (χ1v) is 8.57. The quantitative estimate of drug-likeness (QED) is 0.875. The fourth-order valence-electron chi connectivity index (χ4n) is 2.35. The second kappa shape index (κ2) is 6.72. The van der Waals surface area contributed by atoms with E-state index in [-0.39, 0.29) is 5.75 Å². The molecule has 1 fully saturated rings. The van der Waals surface area contributed by atoms with Crippen molar-refractivity contribution in [2.24, 2.45) is 0 Å². The second-order valence-electron chi connectivity index (χ2n) is 5.07. The molecular weight excluding hydrogens is 295 g/mol. The Morgan fingerprint density at radius 2 is 2.05 bits per heavy atom. The lowest BCUT2D eigenvalue weighted by atomic mass is 10.1. The number of hydrogen-bond donors (Lipinski definition) is 1. The lowest BCUT2D eigenvalue weighted by Crippen LogP contribution is -2.40. The lowest BCUT2D eigenvalue weighted by molar-refractivity contribution is 0.321. The third kappa shape index (κ3) is 3.93. The minimum absolute atomic E-state index is 0.177. The molecule has 7 heteroatoms. The van der Waals surface area contributed by atoms with Crippen LogP contribution in [0.4, 0.5) is 4.39 Å². The molecule has 1 aliphatic heterocycles. The predicted molar refractivity (Wildman–Crippen MR) is 78.8 cm³/mol. The average molecular weight is 316 g/mol. The first-order valence-electron chi connectivity index (χ1n) is 7.13. The summed E-state index contributed by atoms with van der Waals surface area (Å²) in [7, 11) is -3.51. The molecule has 0 aromatic heterocycles. The number of rotatable bonds is 6. The van der Waals surface area contributed by atoms with Crippen molar-refractivity contribution in [3.8, 4) is 5.75 Å². The Bertz CT molecular complexity index is 586. The van der Waals surface area contributed by atoms with Gasteiger partial charge in [-0.2, -0.15) is 17.4 Å². The maximum absolute atomic E-state index is 13.8. The number of halogens is 1. The molecule has 1 atom stereocenters. The molecule has 118 valence electrons. The van der Waals surface area contributed by atoms with E-state index in [1.165, 1.54) is 16.4 Å². The van der Waals surface area contributed by atoms with Crippen molar-refractivity contribution in [1.82, 2.24) is 9.03 Å². The van der Waals surface area contributed by atoms with Crippen molar-refractivity contribution in [3.63, 3.8) is 0 Å². The minimum atomic E-state index is -3.51. The first-order chi connectivity index (χ1) is 9.94. The molecule has 5 nitrogen and oxygen atoms in total. The highest BCUT2D eigenvalue weighted by molar-refractivity contribution is 7.87. The molecule has 0 aliphatic carbocycles. The van der Waals surface area contributed by atoms with Crippen molar-refractivity contribution in [2.75, 3.05) is 19.7 Å². The van der Waals surface area contributed by atoms with Crippen molar-refractivity contribution >= 4 is 10.2 Å². The summed E-state index contributed by atoms with van der Waals surface area (Å²) in [5.41, 5.74) is 0.568. The Balaban J connectivity index is 2.09. The van der Waals surface area contributed by atoms with E-state index < -0.39 is 22.1 Å². The molecule has 0 saturated carbocycles. The maximum atomic E-state index is 13.8. The Kier molecular flexibility index (Phi) is 5.18. The molecule has 0 bridgehead atoms. The van der Waals surface area contributed by atoms with Gasteiger partial charge in [0.1, 0.15) is 0 Å². The highest BCUT2D eigenvalue weighted by atomic mass is 32.2. The van der Waals surface area contributed by atoms with Crippen LogP contribution in [0, 0.1) is 5.82 Å². The Morgan fingerprint density at radius 3 is 2.62 bits per heavy atom. The van der Waals surface area contributed by atoms with Crippen molar-refractivity contribution in [1.29, 1.82) is 0 Å². The molecule has 1 N–H and O–H groups in total. The van der Waals surface area contributed by atoms with E-state index in [4.69, 9.17) is 4.74 Å². The fraction of sp³-hybridized carbons (Fsp3) is 0.571. The Hall–Kier alpha value is -1.18. The normalized spacial score (nSPS) is 17.9. The van der Waals surface area contributed by atoms with Gasteiger partial charge >= 0.3 is 0 Å². The number of hydrogen-bond acceptors (Lipinski definition) is 3. The molecule has 1 unspecified atom stereocenters. The molecule has 21 heavy (non-hydrogen) atoms. The largest absolute Gasteiger partial charge is 0.491 e. The number of nitrogens with one attached hydrogen (secondary N) is 1. The second-order valence-corrected chi connectivity index (χ2v) is 6.78. The van der Waals surface area contributed by atoms with E-state index in [1.807, 2.05) is 0 Å². The minimum Gasteiger partial charge on any atom is -0.491 e. The molecule has 1 aromatic rings. The highest BCUT2D eigenvalue weighted by Gasteiger charge is 2.27. The van der Waals surface area contributed by atoms with Gasteiger partial charge in [0.05, 0.1) is 6.61 Å². The summed E-state index contributed by atoms with van der Waals surface area (Å²) in [6.07, 6.45) is 1.76. The van der Waals surface area contributed by atoms with Crippen LogP contribution in [0.15, 0.2) is 18.2 Å². The van der Waals surface area contributed by atoms with Crippen LogP contribution in [0.25, 0.3) is 0 Å². The van der Waals surface area contributed by atoms with Crippen LogP contribution < -0.4 is 9.46 Å². The van der Waals surface area contributed by atoms with Crippen LogP contribution in [0.3, 0.4) is 0 Å². The fourth-order valence-corrected chi connectivity index (χ4v) is 3.82. The molecule has 2 rings (SSSR count). The van der Waals surface area contributed by atoms with E-state index >= 15 is 0 Å². The Labute approximate surface area is 125 Å². The van der Waals surface area contributed by atoms with Crippen molar-refractivity contribution in [2.45, 2.75) is 32.7 Å². The molecule has 1 saturated heterocycles. The number of nitrogens with zero attached hydrogens (tertiary/aromatic N) is 1. The van der Waals surface area contributed by atoms with E-state index in [2.05, 4.69) is 4.72 Å². The highest BCUT2D eigenvalue weighted by Crippen LogP contribution is 2.23. The van der Waals surface area contributed by atoms with E-state index in [0.29, 0.717) is 25.3 Å². The lowest BCUT2D eigenvalue weighted by Gasteiger charge is -2.20. The van der Waals surface area contributed by atoms with Crippen LogP contribution in [0.5, 0.6) is 5.75 Å². The SMILES string of the molecule is CCOc1ccc(C(C)NS(=O)(=O)N2CCCC2)cc1F. The maximum Gasteiger partial charge on any atom is 0.279 e. The van der Waals surface area contributed by atoms with Crippen molar-refractivity contribution < 1.29 is 17.5 Å². The summed E-state index contributed by atoms with van der Waals surface area (Å²) in [6, 6.07) is 4.00. The molecular formula is C14H21FN2O3S. The zero-order valence-corrected chi connectivity index (χ0v) is 13.1. The summed E-state index contributed by atoms with van der Waals surface area (Å²) in [5, 5.41) is 0. The van der Waals surface area contributed by atoms with Gasteiger partial charge in [-0.05, 0) is 44.4 Å². The Morgan fingerprint density at radius 1 is 1.38 bits per heavy atom. The molecule has 1 heterocycles. The van der Waals surface area contributed by atoms with Gasteiger partial charge in [0.15, 0.2) is 11.6 Å². The number of benzene rings is 1. The van der Waals surface area contributed by atoms with Gasteiger partial charge in [-0.3, -0.25) is 0 Å². The van der Waals surface area contributed by atoms with Crippen LogP contribution in [-0.2, 0) is 10.2 Å². The summed E-state index contributed by atoms with van der Waals surface area (Å²) in [6.45, 7) is 4.94. The zero-order valence-electron chi connectivity index (χ0n) is 12.3. The van der Waals surface area contributed by atoms with Crippen LogP contribution in [0.2, 0.25) is 0 Å². The van der Waals surface area contributed by atoms with E-state index in [0.717, 1.165) is 12.8 Å². The van der Waals surface area contributed by atoms with Gasteiger partial charge in [0.2, 0.25) is 0 Å². The van der Waals surface area contributed by atoms with Crippen LogP contribution >= 0.6 is 0 Å². The topological polar surface area (TPSA) is 58.6 Å². The standard InChI is InChI=1S/C14H21FN2O3S/c1-3-20-14-7-6-12(10-13(14)15)11(2)16-21(18,19)17-8-4-5-9-17/h6-7,10-11,16H,3-5,8-9H2,1-2H3. The summed E-state index contributed by atoms with van der Waals surface area (Å²) < 4.78 is 47.3. The zero-order chi connectivity index (χ0) is 15.5. The number of ether oxygens (including phenoxy) is 1. The van der Waals surface area contributed by atoms with Gasteiger partial charge in [-0.1, -0.05) is 6.07 Å². The summed E-state index contributed by atoms with van der Waals surface area (Å²) in [5.74, 6) is -0.308. The first kappa shape index (κ1) is 16.2. The van der Waals surface area contributed by atoms with Gasteiger partial charge in [0.25, 0.3) is 10.2 Å². The molecule has 0 amide bonds. The molecule has 1 aromatic carbocycles. The summed E-state index contributed by atoms with van der Waals surface area (Å²) >= 11 is 0. The van der Waals surface area contributed by atoms with Gasteiger partial charge in [0, 0.05) is 19.1 Å². The monoisotopic (exact) mass is 316 g/mol. The third-order valence-corrected chi connectivity index (χ3v) is 5.18. The van der Waals surface area contributed by atoms with E-state index in [1.54, 1.807) is 19.9 Å².